The minimum absolute atomic E-state index is 0.519. The second kappa shape index (κ2) is 8.62. The highest BCUT2D eigenvalue weighted by molar-refractivity contribution is 6.78. The van der Waals surface area contributed by atoms with Crippen LogP contribution in [0.25, 0.3) is 0 Å². The van der Waals surface area contributed by atoms with Gasteiger partial charge in [-0.3, -0.25) is 0 Å². The third kappa shape index (κ3) is 7.74. The van der Waals surface area contributed by atoms with Gasteiger partial charge < -0.3 is 10.5 Å². The van der Waals surface area contributed by atoms with Gasteiger partial charge in [-0.15, -0.1) is 0 Å². The van der Waals surface area contributed by atoms with Crippen LogP contribution in [-0.4, -0.2) is 20.8 Å². The minimum atomic E-state index is -1.19. The lowest BCUT2D eigenvalue weighted by molar-refractivity contribution is 0.162. The number of carbonyl (C=O) groups excluding carboxylic acids is 1. The Kier molecular flexibility index (Phi) is 8.34. The van der Waals surface area contributed by atoms with Crippen LogP contribution in [0.1, 0.15) is 39.5 Å². The molecule has 0 rings (SSSR count). The number of carbonyl (C=O) groups is 1. The van der Waals surface area contributed by atoms with Gasteiger partial charge in [0, 0.05) is 0 Å². The molecule has 0 unspecified atom stereocenters. The fourth-order valence-electron chi connectivity index (χ4n) is 1.98. The molecule has 0 aromatic rings. The summed E-state index contributed by atoms with van der Waals surface area (Å²) in [6.45, 7) is 7.41. The van der Waals surface area contributed by atoms with Crippen LogP contribution < -0.4 is 5.73 Å². The average molecular weight is 245 g/mol. The summed E-state index contributed by atoms with van der Waals surface area (Å²) in [6.07, 6.45) is 4.49. The molecular weight excluding hydrogens is 218 g/mol. The number of nitrogens with two attached hydrogens (primary N) is 1. The van der Waals surface area contributed by atoms with Crippen molar-refractivity contribution in [3.8, 4) is 0 Å². The van der Waals surface area contributed by atoms with Gasteiger partial charge in [0.25, 0.3) is 0 Å². The maximum atomic E-state index is 10.5. The number of primary amides is 1. The number of ether oxygens (including phenoxy) is 1. The van der Waals surface area contributed by atoms with Crippen molar-refractivity contribution in [2.24, 2.45) is 5.73 Å². The molecular formula is C12H27NO2Si. The van der Waals surface area contributed by atoms with Crippen molar-refractivity contribution in [2.45, 2.75) is 64.2 Å². The average Bonchev–Trinajstić information content (AvgIpc) is 2.23. The molecule has 0 aromatic carbocycles. The molecule has 2 N–H and O–H groups in total. The van der Waals surface area contributed by atoms with Crippen molar-refractivity contribution < 1.29 is 9.53 Å². The van der Waals surface area contributed by atoms with E-state index in [2.05, 4.69) is 20.4 Å². The van der Waals surface area contributed by atoms with Crippen LogP contribution in [0, 0.1) is 0 Å². The quantitative estimate of drug-likeness (QED) is 0.629. The van der Waals surface area contributed by atoms with Crippen LogP contribution in [0.15, 0.2) is 0 Å². The molecule has 0 heterocycles. The van der Waals surface area contributed by atoms with Gasteiger partial charge in [-0.05, 0) is 6.04 Å². The Hall–Kier alpha value is -0.513. The predicted octanol–water partition coefficient (Wildman–Crippen LogP) is 3.76. The third-order valence-electron chi connectivity index (χ3n) is 3.22. The smallest absolute Gasteiger partial charge is 0.404 e. The zero-order valence-electron chi connectivity index (χ0n) is 11.1. The Morgan fingerprint density at radius 2 is 1.62 bits per heavy atom. The first-order valence-corrected chi connectivity index (χ1v) is 9.58. The number of hydrogen-bond acceptors (Lipinski definition) is 2. The summed E-state index contributed by atoms with van der Waals surface area (Å²) < 4.78 is 4.87. The van der Waals surface area contributed by atoms with Crippen LogP contribution in [-0.2, 0) is 4.74 Å². The van der Waals surface area contributed by atoms with Crippen molar-refractivity contribution in [1.29, 1.82) is 0 Å². The highest BCUT2D eigenvalue weighted by Crippen LogP contribution is 2.25. The van der Waals surface area contributed by atoms with E-state index in [1.807, 2.05) is 0 Å². The molecule has 0 aromatic heterocycles. The maximum Gasteiger partial charge on any atom is 0.404 e. The Labute approximate surface area is 101 Å². The molecule has 0 aliphatic carbocycles. The number of rotatable bonds is 9. The molecule has 0 atom stereocenters. The van der Waals surface area contributed by atoms with Gasteiger partial charge in [0.1, 0.15) is 0 Å². The Morgan fingerprint density at radius 3 is 2.00 bits per heavy atom. The highest BCUT2D eigenvalue weighted by atomic mass is 28.3. The van der Waals surface area contributed by atoms with Gasteiger partial charge in [-0.25, -0.2) is 4.79 Å². The van der Waals surface area contributed by atoms with E-state index in [1.54, 1.807) is 0 Å². The first kappa shape index (κ1) is 15.5. The van der Waals surface area contributed by atoms with E-state index in [0.29, 0.717) is 6.61 Å². The summed E-state index contributed by atoms with van der Waals surface area (Å²) in [6, 6.07) is 3.77. The molecule has 4 heteroatoms. The Balaban J connectivity index is 4.01. The molecule has 0 saturated carbocycles. The molecule has 0 aliphatic heterocycles. The first-order valence-electron chi connectivity index (χ1n) is 6.46. The van der Waals surface area contributed by atoms with Gasteiger partial charge in [0.15, 0.2) is 0 Å². The Morgan fingerprint density at radius 1 is 1.12 bits per heavy atom. The summed E-state index contributed by atoms with van der Waals surface area (Å²) in [5.74, 6) is 0. The van der Waals surface area contributed by atoms with Gasteiger partial charge in [0.2, 0.25) is 0 Å². The lowest BCUT2D eigenvalue weighted by Crippen LogP contribution is -2.32. The summed E-state index contributed by atoms with van der Waals surface area (Å²) in [4.78, 5) is 10.5. The molecule has 0 aliphatic rings. The van der Waals surface area contributed by atoms with Crippen molar-refractivity contribution in [1.82, 2.24) is 0 Å². The summed E-state index contributed by atoms with van der Waals surface area (Å²) >= 11 is 0. The normalized spacial score (nSPS) is 11.4. The first-order chi connectivity index (χ1) is 7.54. The Bertz CT molecular complexity index is 189. The fourth-order valence-corrected chi connectivity index (χ4v) is 5.74. The number of unbranched alkanes of at least 4 members (excludes halogenated alkanes) is 2. The third-order valence-corrected chi connectivity index (χ3v) is 7.75. The summed E-state index contributed by atoms with van der Waals surface area (Å²) in [5.41, 5.74) is 4.98. The number of amides is 1. The molecule has 96 valence electrons. The molecule has 16 heavy (non-hydrogen) atoms. The van der Waals surface area contributed by atoms with E-state index < -0.39 is 14.2 Å². The van der Waals surface area contributed by atoms with Gasteiger partial charge in [-0.1, -0.05) is 58.2 Å². The van der Waals surface area contributed by atoms with Crippen LogP contribution in [0.5, 0.6) is 0 Å². The predicted molar refractivity (Wildman–Crippen MR) is 71.4 cm³/mol. The molecule has 0 fully saturated rings. The van der Waals surface area contributed by atoms with Crippen LogP contribution in [0.4, 0.5) is 4.79 Å². The second-order valence-corrected chi connectivity index (χ2v) is 10.1. The van der Waals surface area contributed by atoms with Crippen molar-refractivity contribution in [3.05, 3.63) is 0 Å². The lowest BCUT2D eigenvalue weighted by atomic mass is 10.4. The van der Waals surface area contributed by atoms with E-state index in [1.165, 1.54) is 37.8 Å². The number of hydrogen-bond donors (Lipinski definition) is 1. The lowest BCUT2D eigenvalue weighted by Gasteiger charge is -2.27. The van der Waals surface area contributed by atoms with Crippen LogP contribution >= 0.6 is 0 Å². The SMILES string of the molecule is CCCC[Si](C)(CCCC)CCOC(N)=O. The highest BCUT2D eigenvalue weighted by Gasteiger charge is 2.25. The van der Waals surface area contributed by atoms with Gasteiger partial charge >= 0.3 is 6.09 Å². The van der Waals surface area contributed by atoms with E-state index in [4.69, 9.17) is 10.5 Å². The molecule has 0 radical (unpaired) electrons. The molecule has 0 spiro atoms. The maximum absolute atomic E-state index is 10.5. The van der Waals surface area contributed by atoms with E-state index in [-0.39, 0.29) is 0 Å². The van der Waals surface area contributed by atoms with Gasteiger partial charge in [0.05, 0.1) is 14.7 Å². The molecule has 0 bridgehead atoms. The summed E-state index contributed by atoms with van der Waals surface area (Å²) in [7, 11) is -1.19. The van der Waals surface area contributed by atoms with Crippen LogP contribution in [0.3, 0.4) is 0 Å². The monoisotopic (exact) mass is 245 g/mol. The van der Waals surface area contributed by atoms with E-state index >= 15 is 0 Å². The van der Waals surface area contributed by atoms with Crippen molar-refractivity contribution in [3.63, 3.8) is 0 Å². The largest absolute Gasteiger partial charge is 0.450 e. The van der Waals surface area contributed by atoms with Gasteiger partial charge in [-0.2, -0.15) is 0 Å². The van der Waals surface area contributed by atoms with E-state index in [0.717, 1.165) is 6.04 Å². The molecule has 0 saturated heterocycles. The molecule has 1 amide bonds. The topological polar surface area (TPSA) is 52.3 Å². The molecule has 3 nitrogen and oxygen atoms in total. The van der Waals surface area contributed by atoms with Crippen molar-refractivity contribution >= 4 is 14.2 Å². The summed E-state index contributed by atoms with van der Waals surface area (Å²) in [5, 5.41) is 0. The second-order valence-electron chi connectivity index (χ2n) is 4.94. The fraction of sp³-hybridized carbons (Fsp3) is 0.917. The standard InChI is InChI=1S/C12H27NO2Si/c1-4-6-9-16(3,10-7-5-2)11-8-15-12(13)14/h4-11H2,1-3H3,(H2,13,14). The zero-order chi connectivity index (χ0) is 12.4. The zero-order valence-corrected chi connectivity index (χ0v) is 12.1. The van der Waals surface area contributed by atoms with E-state index in [9.17, 15) is 4.79 Å². The van der Waals surface area contributed by atoms with Crippen molar-refractivity contribution in [2.75, 3.05) is 6.61 Å². The van der Waals surface area contributed by atoms with Crippen LogP contribution in [0.2, 0.25) is 24.7 Å². The minimum Gasteiger partial charge on any atom is -0.450 e.